The molecule has 14 nitrogen and oxygen atoms in total. The minimum atomic E-state index is -1.26. The Morgan fingerprint density at radius 2 is 1.70 bits per heavy atom. The van der Waals surface area contributed by atoms with Crippen molar-refractivity contribution < 1.29 is 24.4 Å². The molecule has 1 aromatic carbocycles. The molecular formula is C22H24N8O6S. The predicted octanol–water partition coefficient (Wildman–Crippen LogP) is 3.38. The molecule has 0 saturated carbocycles. The van der Waals surface area contributed by atoms with Crippen LogP contribution >= 0.6 is 11.3 Å². The molecule has 0 radical (unpaired) electrons. The van der Waals surface area contributed by atoms with Gasteiger partial charge in [0.25, 0.3) is 5.91 Å². The smallest absolute Gasteiger partial charge is 0.409 e. The number of nitrogens with one attached hydrogen (secondary N) is 3. The summed E-state index contributed by atoms with van der Waals surface area (Å²) in [4.78, 5) is 58.2. The van der Waals surface area contributed by atoms with Crippen LogP contribution in [0.4, 0.5) is 31.1 Å². The topological polar surface area (TPSA) is 183 Å². The number of aromatic nitrogens is 2. The Morgan fingerprint density at radius 1 is 1.00 bits per heavy atom. The van der Waals surface area contributed by atoms with Crippen molar-refractivity contribution in [3.05, 3.63) is 70.2 Å². The van der Waals surface area contributed by atoms with Gasteiger partial charge in [-0.25, -0.2) is 14.6 Å². The average molecular weight is 529 g/mol. The van der Waals surface area contributed by atoms with Crippen LogP contribution in [0.15, 0.2) is 48.8 Å². The molecule has 194 valence electrons. The number of carboxylic acid groups (broad SMARTS) is 1. The highest BCUT2D eigenvalue weighted by Gasteiger charge is 2.19. The second-order valence-electron chi connectivity index (χ2n) is 7.90. The zero-order chi connectivity index (χ0) is 26.9. The number of nitro groups is 1. The number of rotatable bonds is 10. The van der Waals surface area contributed by atoms with E-state index in [9.17, 15) is 24.5 Å². The number of urea groups is 1. The van der Waals surface area contributed by atoms with E-state index in [1.807, 2.05) is 19.0 Å². The molecule has 15 heteroatoms. The molecule has 0 atom stereocenters. The van der Waals surface area contributed by atoms with Crippen LogP contribution in [-0.4, -0.2) is 75.0 Å². The van der Waals surface area contributed by atoms with Gasteiger partial charge < -0.3 is 20.2 Å². The van der Waals surface area contributed by atoms with Crippen LogP contribution in [0.25, 0.3) is 0 Å². The van der Waals surface area contributed by atoms with Gasteiger partial charge in [0, 0.05) is 25.8 Å². The molecule has 0 spiro atoms. The number of hydrogen-bond acceptors (Lipinski definition) is 9. The van der Waals surface area contributed by atoms with Crippen molar-refractivity contribution in [2.75, 3.05) is 43.1 Å². The second-order valence-corrected chi connectivity index (χ2v) is 8.91. The number of hydrogen-bond donors (Lipinski definition) is 4. The summed E-state index contributed by atoms with van der Waals surface area (Å²) >= 11 is 0.754. The van der Waals surface area contributed by atoms with Gasteiger partial charge in [0.15, 0.2) is 5.13 Å². The second kappa shape index (κ2) is 12.4. The van der Waals surface area contributed by atoms with E-state index in [1.165, 1.54) is 23.2 Å². The highest BCUT2D eigenvalue weighted by atomic mass is 32.1. The summed E-state index contributed by atoms with van der Waals surface area (Å²) < 4.78 is 0. The highest BCUT2D eigenvalue weighted by molar-refractivity contribution is 7.18. The van der Waals surface area contributed by atoms with E-state index in [4.69, 9.17) is 5.11 Å². The number of carbonyl (C=O) groups excluding carboxylic acids is 2. The Kier molecular flexibility index (Phi) is 9.01. The van der Waals surface area contributed by atoms with Crippen LogP contribution in [0.2, 0.25) is 0 Å². The Morgan fingerprint density at radius 3 is 2.27 bits per heavy atom. The summed E-state index contributed by atoms with van der Waals surface area (Å²) in [5.74, 6) is -0.543. The Bertz CT molecular complexity index is 1280. The summed E-state index contributed by atoms with van der Waals surface area (Å²) in [6.45, 7) is 1.07. The third-order valence-electron chi connectivity index (χ3n) is 4.84. The molecule has 0 aliphatic heterocycles. The van der Waals surface area contributed by atoms with Gasteiger partial charge in [-0.3, -0.25) is 30.5 Å². The maximum atomic E-state index is 12.9. The van der Waals surface area contributed by atoms with Crippen LogP contribution in [0.5, 0.6) is 0 Å². The summed E-state index contributed by atoms with van der Waals surface area (Å²) in [5, 5.41) is 27.2. The minimum absolute atomic E-state index is 0.0910. The third-order valence-corrected chi connectivity index (χ3v) is 5.70. The zero-order valence-corrected chi connectivity index (χ0v) is 20.7. The van der Waals surface area contributed by atoms with Gasteiger partial charge in [0.05, 0.1) is 16.3 Å². The average Bonchev–Trinajstić information content (AvgIpc) is 3.31. The van der Waals surface area contributed by atoms with E-state index in [0.717, 1.165) is 17.5 Å². The molecular weight excluding hydrogens is 504 g/mol. The molecule has 2 heterocycles. The number of carbonyl (C=O) groups is 3. The summed E-state index contributed by atoms with van der Waals surface area (Å²) in [6, 6.07) is 8.99. The van der Waals surface area contributed by atoms with Crippen molar-refractivity contribution in [2.45, 2.75) is 6.54 Å². The van der Waals surface area contributed by atoms with Gasteiger partial charge >= 0.3 is 17.1 Å². The van der Waals surface area contributed by atoms with Gasteiger partial charge in [0.1, 0.15) is 11.9 Å². The van der Waals surface area contributed by atoms with Crippen molar-refractivity contribution in [3.8, 4) is 0 Å². The molecule has 0 unspecified atom stereocenters. The Labute approximate surface area is 215 Å². The first-order chi connectivity index (χ1) is 17.6. The van der Waals surface area contributed by atoms with E-state index in [-0.39, 0.29) is 33.7 Å². The van der Waals surface area contributed by atoms with Gasteiger partial charge in [-0.15, -0.1) is 0 Å². The lowest BCUT2D eigenvalue weighted by Crippen LogP contribution is -2.39. The number of para-hydroxylation sites is 2. The standard InChI is InChI=1S/C22H24N8O6S/c1-28(2)9-10-29(21(32)27-20-24-12-18(37-20)30(35)36)13-14-7-8-17(23-11-14)19(31)25-15-5-3-4-6-16(15)26-22(33)34/h3-8,11-12,26H,9-10,13H2,1-2H3,(H,25,31)(H,33,34)(H,24,27,32). The number of anilines is 3. The fourth-order valence-corrected chi connectivity index (χ4v) is 3.65. The summed E-state index contributed by atoms with van der Waals surface area (Å²) in [5.41, 5.74) is 1.22. The lowest BCUT2D eigenvalue weighted by Gasteiger charge is -2.24. The van der Waals surface area contributed by atoms with Gasteiger partial charge in [-0.05, 0) is 49.2 Å². The molecule has 3 aromatic rings. The van der Waals surface area contributed by atoms with Crippen molar-refractivity contribution in [1.29, 1.82) is 0 Å². The lowest BCUT2D eigenvalue weighted by atomic mass is 10.2. The van der Waals surface area contributed by atoms with Crippen LogP contribution in [0, 0.1) is 10.1 Å². The van der Waals surface area contributed by atoms with E-state index < -0.39 is 23.0 Å². The molecule has 0 fully saturated rings. The van der Waals surface area contributed by atoms with Gasteiger partial charge in [-0.2, -0.15) is 0 Å². The first kappa shape index (κ1) is 27.0. The lowest BCUT2D eigenvalue weighted by molar-refractivity contribution is -0.380. The molecule has 2 aromatic heterocycles. The SMILES string of the molecule is CN(C)CCN(Cc1ccc(C(=O)Nc2ccccc2NC(=O)O)nc1)C(=O)Nc1ncc([N+](=O)[O-])s1. The van der Waals surface area contributed by atoms with Gasteiger partial charge in [0.2, 0.25) is 0 Å². The molecule has 3 rings (SSSR count). The maximum Gasteiger partial charge on any atom is 0.409 e. The molecule has 37 heavy (non-hydrogen) atoms. The fraction of sp³-hybridized carbons (Fsp3) is 0.227. The molecule has 0 bridgehead atoms. The Hall–Kier alpha value is -4.63. The molecule has 4 N–H and O–H groups in total. The van der Waals surface area contributed by atoms with Crippen LogP contribution in [0.1, 0.15) is 16.1 Å². The van der Waals surface area contributed by atoms with Crippen molar-refractivity contribution in [1.82, 2.24) is 19.8 Å². The molecule has 0 saturated heterocycles. The zero-order valence-electron chi connectivity index (χ0n) is 19.9. The minimum Gasteiger partial charge on any atom is -0.465 e. The van der Waals surface area contributed by atoms with E-state index in [2.05, 4.69) is 25.9 Å². The highest BCUT2D eigenvalue weighted by Crippen LogP contribution is 2.25. The van der Waals surface area contributed by atoms with E-state index in [0.29, 0.717) is 18.7 Å². The normalized spacial score (nSPS) is 10.6. The number of amides is 4. The van der Waals surface area contributed by atoms with Crippen molar-refractivity contribution >= 4 is 50.9 Å². The van der Waals surface area contributed by atoms with Gasteiger partial charge in [-0.1, -0.05) is 18.2 Å². The molecule has 0 aliphatic carbocycles. The summed E-state index contributed by atoms with van der Waals surface area (Å²) in [7, 11) is 3.72. The number of pyridine rings is 1. The fourth-order valence-electron chi connectivity index (χ4n) is 3.03. The molecule has 4 amide bonds. The van der Waals surface area contributed by atoms with E-state index in [1.54, 1.807) is 24.3 Å². The summed E-state index contributed by atoms with van der Waals surface area (Å²) in [6.07, 6.45) is 1.27. The number of nitrogens with zero attached hydrogens (tertiary/aromatic N) is 5. The van der Waals surface area contributed by atoms with Crippen LogP contribution in [0.3, 0.4) is 0 Å². The quantitative estimate of drug-likeness (QED) is 0.226. The van der Waals surface area contributed by atoms with Crippen LogP contribution < -0.4 is 16.0 Å². The van der Waals surface area contributed by atoms with Crippen molar-refractivity contribution in [2.24, 2.45) is 0 Å². The number of likely N-dealkylation sites (N-methyl/N-ethyl adjacent to an activating group) is 1. The van der Waals surface area contributed by atoms with Crippen molar-refractivity contribution in [3.63, 3.8) is 0 Å². The largest absolute Gasteiger partial charge is 0.465 e. The number of thiazole rings is 1. The Balaban J connectivity index is 1.68. The maximum absolute atomic E-state index is 12.9. The first-order valence-corrected chi connectivity index (χ1v) is 11.6. The molecule has 0 aliphatic rings. The monoisotopic (exact) mass is 528 g/mol. The predicted molar refractivity (Wildman–Crippen MR) is 137 cm³/mol. The van der Waals surface area contributed by atoms with Crippen LogP contribution in [-0.2, 0) is 6.54 Å². The number of benzene rings is 1. The first-order valence-electron chi connectivity index (χ1n) is 10.8. The third kappa shape index (κ3) is 7.94. The van der Waals surface area contributed by atoms with E-state index >= 15 is 0 Å².